The Morgan fingerprint density at radius 3 is 2.44 bits per heavy atom. The van der Waals surface area contributed by atoms with Gasteiger partial charge in [0.2, 0.25) is 11.8 Å². The number of benzene rings is 3. The van der Waals surface area contributed by atoms with E-state index in [9.17, 15) is 14.9 Å². The van der Waals surface area contributed by atoms with E-state index >= 15 is 0 Å². The van der Waals surface area contributed by atoms with E-state index in [1.165, 1.54) is 0 Å². The Kier molecular flexibility index (Phi) is 8.79. The minimum absolute atomic E-state index is 0.0344. The van der Waals surface area contributed by atoms with E-state index in [0.29, 0.717) is 23.4 Å². The van der Waals surface area contributed by atoms with Crippen LogP contribution in [0.1, 0.15) is 37.0 Å². The summed E-state index contributed by atoms with van der Waals surface area (Å²) in [7, 11) is 0. The van der Waals surface area contributed by atoms with Crippen LogP contribution in [0.3, 0.4) is 0 Å². The zero-order valence-corrected chi connectivity index (χ0v) is 20.3. The lowest BCUT2D eigenvalue weighted by atomic mass is 9.99. The van der Waals surface area contributed by atoms with Crippen molar-refractivity contribution in [3.05, 3.63) is 89.5 Å². The number of nitrogens with one attached hydrogen (secondary N) is 1. The van der Waals surface area contributed by atoms with E-state index in [0.717, 1.165) is 16.7 Å². The lowest BCUT2D eigenvalue weighted by Gasteiger charge is -2.30. The lowest BCUT2D eigenvalue weighted by Crippen LogP contribution is -2.48. The normalized spacial score (nSPS) is 11.9. The molecule has 1 atom stereocenters. The molecule has 0 bridgehead atoms. The van der Waals surface area contributed by atoms with Crippen molar-refractivity contribution in [2.45, 2.75) is 32.7 Å². The van der Waals surface area contributed by atoms with Gasteiger partial charge in [-0.2, -0.15) is 5.26 Å². The summed E-state index contributed by atoms with van der Waals surface area (Å²) in [5, 5.41) is 24.3. The van der Waals surface area contributed by atoms with E-state index in [2.05, 4.69) is 16.5 Å². The second-order valence-electron chi connectivity index (χ2n) is 8.16. The maximum Gasteiger partial charge on any atom is 0.247 e. The van der Waals surface area contributed by atoms with E-state index in [1.54, 1.807) is 48.2 Å². The molecule has 3 aromatic carbocycles. The standard InChI is InChI=1S/C28H29N5O3/c1-3-26(34)33(4-2)25(17-19-8-7-10-21(16-19)27(30)32-36)28(35)31-23-14-12-20(13-15-23)24-11-6-5-9-22(24)18-29/h5-16,25,36H,3-4,17H2,1-2H3,(H2,30,32)(H,31,35). The minimum Gasteiger partial charge on any atom is -0.409 e. The first-order chi connectivity index (χ1) is 17.4. The topological polar surface area (TPSA) is 132 Å². The number of amides is 2. The predicted octanol–water partition coefficient (Wildman–Crippen LogP) is 4.13. The minimum atomic E-state index is -0.760. The zero-order valence-electron chi connectivity index (χ0n) is 20.3. The van der Waals surface area contributed by atoms with E-state index in [1.807, 2.05) is 43.3 Å². The van der Waals surface area contributed by atoms with Gasteiger partial charge in [0.15, 0.2) is 5.84 Å². The predicted molar refractivity (Wildman–Crippen MR) is 139 cm³/mol. The van der Waals surface area contributed by atoms with Crippen molar-refractivity contribution in [2.24, 2.45) is 10.9 Å². The fraction of sp³-hybridized carbons (Fsp3) is 0.214. The fourth-order valence-corrected chi connectivity index (χ4v) is 4.05. The SMILES string of the molecule is CCC(=O)N(CC)C(Cc1cccc(/C(N)=N/O)c1)C(=O)Nc1ccc(-c2ccccc2C#N)cc1. The van der Waals surface area contributed by atoms with Gasteiger partial charge < -0.3 is 21.2 Å². The number of anilines is 1. The molecule has 4 N–H and O–H groups in total. The maximum absolute atomic E-state index is 13.4. The van der Waals surface area contributed by atoms with Crippen molar-refractivity contribution in [2.75, 3.05) is 11.9 Å². The van der Waals surface area contributed by atoms with Crippen LogP contribution in [0.5, 0.6) is 0 Å². The summed E-state index contributed by atoms with van der Waals surface area (Å²) in [5.74, 6) is -0.486. The molecular formula is C28H29N5O3. The summed E-state index contributed by atoms with van der Waals surface area (Å²) in [4.78, 5) is 27.7. The molecule has 0 aliphatic heterocycles. The summed E-state index contributed by atoms with van der Waals surface area (Å²) in [6.45, 7) is 3.97. The van der Waals surface area contributed by atoms with Gasteiger partial charge in [-0.05, 0) is 47.9 Å². The highest BCUT2D eigenvalue weighted by atomic mass is 16.4. The molecule has 0 spiro atoms. The zero-order chi connectivity index (χ0) is 26.1. The third-order valence-electron chi connectivity index (χ3n) is 5.91. The van der Waals surface area contributed by atoms with Gasteiger partial charge in [0.25, 0.3) is 0 Å². The van der Waals surface area contributed by atoms with Gasteiger partial charge in [0.1, 0.15) is 6.04 Å². The molecule has 3 aromatic rings. The number of hydrogen-bond donors (Lipinski definition) is 3. The molecule has 2 amide bonds. The van der Waals surface area contributed by atoms with E-state index < -0.39 is 6.04 Å². The molecule has 0 aliphatic carbocycles. The molecular weight excluding hydrogens is 454 g/mol. The number of oxime groups is 1. The van der Waals surface area contributed by atoms with Crippen LogP contribution in [-0.4, -0.2) is 40.3 Å². The monoisotopic (exact) mass is 483 g/mol. The molecule has 184 valence electrons. The summed E-state index contributed by atoms with van der Waals surface area (Å²) >= 11 is 0. The smallest absolute Gasteiger partial charge is 0.247 e. The van der Waals surface area contributed by atoms with Gasteiger partial charge >= 0.3 is 0 Å². The maximum atomic E-state index is 13.4. The second kappa shape index (κ2) is 12.2. The van der Waals surface area contributed by atoms with Crippen molar-refractivity contribution in [3.8, 4) is 17.2 Å². The average Bonchev–Trinajstić information content (AvgIpc) is 2.92. The highest BCUT2D eigenvalue weighted by molar-refractivity contribution is 5.98. The molecule has 0 aromatic heterocycles. The van der Waals surface area contributed by atoms with Crippen LogP contribution in [0.2, 0.25) is 0 Å². The van der Waals surface area contributed by atoms with Gasteiger partial charge in [0, 0.05) is 30.6 Å². The van der Waals surface area contributed by atoms with E-state index in [4.69, 9.17) is 10.9 Å². The average molecular weight is 484 g/mol. The van der Waals surface area contributed by atoms with Gasteiger partial charge in [-0.3, -0.25) is 9.59 Å². The Morgan fingerprint density at radius 1 is 1.08 bits per heavy atom. The molecule has 8 heteroatoms. The molecule has 0 fully saturated rings. The summed E-state index contributed by atoms with van der Waals surface area (Å²) in [5.41, 5.74) is 9.83. The van der Waals surface area contributed by atoms with Gasteiger partial charge in [-0.15, -0.1) is 0 Å². The Bertz CT molecular complexity index is 1300. The summed E-state index contributed by atoms with van der Waals surface area (Å²) < 4.78 is 0. The summed E-state index contributed by atoms with van der Waals surface area (Å²) in [6, 6.07) is 23.0. The van der Waals surface area contributed by atoms with E-state index in [-0.39, 0.29) is 30.5 Å². The number of carbonyl (C=O) groups excluding carboxylic acids is 2. The van der Waals surface area contributed by atoms with Crippen LogP contribution in [-0.2, 0) is 16.0 Å². The quantitative estimate of drug-likeness (QED) is 0.182. The van der Waals surface area contributed by atoms with Crippen molar-refractivity contribution in [1.29, 1.82) is 5.26 Å². The van der Waals surface area contributed by atoms with Crippen LogP contribution in [0, 0.1) is 11.3 Å². The van der Waals surface area contributed by atoms with Crippen LogP contribution in [0.15, 0.2) is 78.0 Å². The van der Waals surface area contributed by atoms with Gasteiger partial charge in [-0.25, -0.2) is 0 Å². The van der Waals surface area contributed by atoms with Crippen molar-refractivity contribution in [3.63, 3.8) is 0 Å². The second-order valence-corrected chi connectivity index (χ2v) is 8.16. The van der Waals surface area contributed by atoms with Gasteiger partial charge in [0.05, 0.1) is 11.6 Å². The molecule has 0 radical (unpaired) electrons. The van der Waals surface area contributed by atoms with Crippen molar-refractivity contribution >= 4 is 23.3 Å². The van der Waals surface area contributed by atoms with Crippen LogP contribution < -0.4 is 11.1 Å². The molecule has 8 nitrogen and oxygen atoms in total. The third kappa shape index (κ3) is 6.07. The molecule has 1 unspecified atom stereocenters. The first-order valence-corrected chi connectivity index (χ1v) is 11.7. The molecule has 0 heterocycles. The van der Waals surface area contributed by atoms with Gasteiger partial charge in [-0.1, -0.05) is 60.6 Å². The Morgan fingerprint density at radius 2 is 1.81 bits per heavy atom. The third-order valence-corrected chi connectivity index (χ3v) is 5.91. The number of nitrogens with two attached hydrogens (primary N) is 1. The van der Waals surface area contributed by atoms with Crippen LogP contribution in [0.25, 0.3) is 11.1 Å². The molecule has 36 heavy (non-hydrogen) atoms. The number of nitrogens with zero attached hydrogens (tertiary/aromatic N) is 3. The number of nitriles is 1. The first kappa shape index (κ1) is 26.0. The number of amidine groups is 1. The fourth-order valence-electron chi connectivity index (χ4n) is 4.05. The number of rotatable bonds is 9. The summed E-state index contributed by atoms with van der Waals surface area (Å²) in [6.07, 6.45) is 0.528. The van der Waals surface area contributed by atoms with Crippen LogP contribution >= 0.6 is 0 Å². The highest BCUT2D eigenvalue weighted by Crippen LogP contribution is 2.25. The molecule has 0 saturated carbocycles. The molecule has 0 saturated heterocycles. The number of hydrogen-bond acceptors (Lipinski definition) is 5. The lowest BCUT2D eigenvalue weighted by molar-refractivity contribution is -0.138. The van der Waals surface area contributed by atoms with Crippen molar-refractivity contribution in [1.82, 2.24) is 4.90 Å². The van der Waals surface area contributed by atoms with Crippen molar-refractivity contribution < 1.29 is 14.8 Å². The Balaban J connectivity index is 1.86. The molecule has 0 aliphatic rings. The Hall–Kier alpha value is -4.64. The Labute approximate surface area is 210 Å². The highest BCUT2D eigenvalue weighted by Gasteiger charge is 2.28. The van der Waals surface area contributed by atoms with Crippen LogP contribution in [0.4, 0.5) is 5.69 Å². The largest absolute Gasteiger partial charge is 0.409 e. The molecule has 3 rings (SSSR count). The number of carbonyl (C=O) groups is 2. The first-order valence-electron chi connectivity index (χ1n) is 11.7. The number of likely N-dealkylation sites (N-methyl/N-ethyl adjacent to an activating group) is 1.